The minimum absolute atomic E-state index is 0.0634. The van der Waals surface area contributed by atoms with Gasteiger partial charge in [0.2, 0.25) is 0 Å². The molecule has 4 rings (SSSR count). The lowest BCUT2D eigenvalue weighted by Crippen LogP contribution is -2.51. The molecule has 4 aliphatic carbocycles. The number of carbonyl (C=O) groups is 2. The van der Waals surface area contributed by atoms with Crippen LogP contribution in [0.3, 0.4) is 0 Å². The molecule has 3 saturated carbocycles. The van der Waals surface area contributed by atoms with E-state index < -0.39 is 0 Å². The predicted octanol–water partition coefficient (Wildman–Crippen LogP) is 3.81. The minimum Gasteiger partial charge on any atom is -0.330 e. The lowest BCUT2D eigenvalue weighted by molar-refractivity contribution is -0.132. The molecule has 1 unspecified atom stereocenters. The summed E-state index contributed by atoms with van der Waals surface area (Å²) in [5, 5.41) is 0. The van der Waals surface area contributed by atoms with Crippen LogP contribution in [0.2, 0.25) is 0 Å². The van der Waals surface area contributed by atoms with Crippen LogP contribution in [-0.2, 0) is 9.59 Å². The van der Waals surface area contributed by atoms with E-state index in [-0.39, 0.29) is 10.8 Å². The quantitative estimate of drug-likeness (QED) is 0.801. The van der Waals surface area contributed by atoms with Crippen LogP contribution in [0.1, 0.15) is 71.1 Å². The Morgan fingerprint density at radius 3 is 2.79 bits per heavy atom. The fourth-order valence-corrected chi connectivity index (χ4v) is 6.94. The fraction of sp³-hybridized carbons (Fsp3) is 0.810. The van der Waals surface area contributed by atoms with Gasteiger partial charge in [0.25, 0.3) is 0 Å². The van der Waals surface area contributed by atoms with Crippen molar-refractivity contribution in [3.05, 3.63) is 11.6 Å². The van der Waals surface area contributed by atoms with Gasteiger partial charge in [-0.15, -0.1) is 0 Å². The van der Waals surface area contributed by atoms with Crippen LogP contribution >= 0.6 is 0 Å². The van der Waals surface area contributed by atoms with Crippen molar-refractivity contribution < 1.29 is 9.59 Å². The predicted molar refractivity (Wildman–Crippen MR) is 94.3 cm³/mol. The molecule has 24 heavy (non-hydrogen) atoms. The smallest absolute Gasteiger partial charge is 0.139 e. The van der Waals surface area contributed by atoms with Gasteiger partial charge in [0, 0.05) is 24.7 Å². The lowest BCUT2D eigenvalue weighted by Gasteiger charge is -2.57. The average molecular weight is 329 g/mol. The van der Waals surface area contributed by atoms with Gasteiger partial charge >= 0.3 is 0 Å². The van der Waals surface area contributed by atoms with Crippen molar-refractivity contribution in [2.75, 3.05) is 6.54 Å². The van der Waals surface area contributed by atoms with E-state index in [0.717, 1.165) is 57.9 Å². The van der Waals surface area contributed by atoms with Crippen molar-refractivity contribution in [1.29, 1.82) is 0 Å². The van der Waals surface area contributed by atoms with Crippen LogP contribution < -0.4 is 5.73 Å². The Bertz CT molecular complexity index is 595. The van der Waals surface area contributed by atoms with E-state index in [2.05, 4.69) is 13.0 Å². The molecule has 0 heterocycles. The second kappa shape index (κ2) is 5.79. The van der Waals surface area contributed by atoms with Crippen LogP contribution in [0, 0.1) is 28.6 Å². The van der Waals surface area contributed by atoms with Gasteiger partial charge in [-0.05, 0) is 74.7 Å². The molecule has 0 aliphatic heterocycles. The van der Waals surface area contributed by atoms with Crippen molar-refractivity contribution in [3.63, 3.8) is 0 Å². The Balaban J connectivity index is 1.71. The first kappa shape index (κ1) is 16.5. The van der Waals surface area contributed by atoms with E-state index in [9.17, 15) is 9.59 Å². The molecular formula is C21H31NO2. The molecule has 0 amide bonds. The van der Waals surface area contributed by atoms with E-state index in [0.29, 0.717) is 35.7 Å². The summed E-state index contributed by atoms with van der Waals surface area (Å²) in [5.41, 5.74) is 7.43. The zero-order valence-electron chi connectivity index (χ0n) is 15.0. The number of allylic oxidation sites excluding steroid dienone is 2. The first-order valence-corrected chi connectivity index (χ1v) is 9.96. The molecule has 5 atom stereocenters. The summed E-state index contributed by atoms with van der Waals surface area (Å²) in [6.45, 7) is 2.97. The van der Waals surface area contributed by atoms with Gasteiger partial charge in [-0.3, -0.25) is 9.59 Å². The van der Waals surface area contributed by atoms with Crippen LogP contribution in [-0.4, -0.2) is 18.1 Å². The second-order valence-corrected chi connectivity index (χ2v) is 9.02. The number of carbonyl (C=O) groups excluding carboxylic acids is 2. The maximum Gasteiger partial charge on any atom is 0.139 e. The van der Waals surface area contributed by atoms with Gasteiger partial charge in [-0.1, -0.05) is 18.6 Å². The third-order valence-electron chi connectivity index (χ3n) is 8.20. The Morgan fingerprint density at radius 1 is 1.17 bits per heavy atom. The van der Waals surface area contributed by atoms with Gasteiger partial charge in [-0.2, -0.15) is 0 Å². The molecule has 0 saturated heterocycles. The van der Waals surface area contributed by atoms with E-state index in [1.807, 2.05) is 0 Å². The van der Waals surface area contributed by atoms with E-state index >= 15 is 0 Å². The molecule has 0 radical (unpaired) electrons. The molecule has 3 heteroatoms. The molecule has 0 aromatic rings. The normalized spacial score (nSPS) is 44.6. The summed E-state index contributed by atoms with van der Waals surface area (Å²) >= 11 is 0. The zero-order valence-corrected chi connectivity index (χ0v) is 15.0. The number of fused-ring (bicyclic) bond motifs is 5. The highest BCUT2D eigenvalue weighted by Crippen LogP contribution is 2.65. The fourth-order valence-electron chi connectivity index (χ4n) is 6.94. The topological polar surface area (TPSA) is 60.2 Å². The highest BCUT2D eigenvalue weighted by Gasteiger charge is 2.59. The SMILES string of the molecule is C[C@]12CC[C@H]3[C@@H](CC=C4CC(=O)CCC43CCCN)[C@@H]1CCC2=O. The monoisotopic (exact) mass is 329 g/mol. The maximum atomic E-state index is 12.5. The standard InChI is InChI=1S/C21H31NO2/c1-20-10-8-18-16(17(20)5-6-19(20)24)4-3-14-13-15(23)7-11-21(14,18)9-2-12-22/h3,16-18H,2,4-13,22H2,1H3/t16-,17-,18-,20-,21?/m0/s1. The molecule has 2 N–H and O–H groups in total. The Kier molecular flexibility index (Phi) is 3.98. The van der Waals surface area contributed by atoms with E-state index in [4.69, 9.17) is 5.73 Å². The molecule has 0 aromatic heterocycles. The summed E-state index contributed by atoms with van der Waals surface area (Å²) in [5.74, 6) is 2.80. The van der Waals surface area contributed by atoms with Crippen molar-refractivity contribution in [2.45, 2.75) is 71.1 Å². The summed E-state index contributed by atoms with van der Waals surface area (Å²) in [6, 6.07) is 0. The molecule has 132 valence electrons. The second-order valence-electron chi connectivity index (χ2n) is 9.02. The van der Waals surface area contributed by atoms with E-state index in [1.165, 1.54) is 12.0 Å². The molecule has 0 spiro atoms. The average Bonchev–Trinajstić information content (AvgIpc) is 2.88. The van der Waals surface area contributed by atoms with Gasteiger partial charge in [0.1, 0.15) is 11.6 Å². The van der Waals surface area contributed by atoms with Gasteiger partial charge in [0.05, 0.1) is 0 Å². The number of rotatable bonds is 3. The summed E-state index contributed by atoms with van der Waals surface area (Å²) in [4.78, 5) is 24.6. The number of Topliss-reactive ketones (excluding diaryl/α,β-unsaturated/α-hetero) is 2. The van der Waals surface area contributed by atoms with E-state index in [1.54, 1.807) is 0 Å². The highest BCUT2D eigenvalue weighted by atomic mass is 16.1. The molecule has 0 aromatic carbocycles. The Labute approximate surface area is 145 Å². The molecule has 3 fully saturated rings. The maximum absolute atomic E-state index is 12.5. The summed E-state index contributed by atoms with van der Waals surface area (Å²) < 4.78 is 0. The summed E-state index contributed by atoms with van der Waals surface area (Å²) in [6.07, 6.45) is 12.2. The minimum atomic E-state index is -0.0634. The van der Waals surface area contributed by atoms with Gasteiger partial charge in [0.15, 0.2) is 0 Å². The van der Waals surface area contributed by atoms with Crippen molar-refractivity contribution in [1.82, 2.24) is 0 Å². The molecule has 3 nitrogen and oxygen atoms in total. The van der Waals surface area contributed by atoms with Crippen molar-refractivity contribution >= 4 is 11.6 Å². The zero-order chi connectivity index (χ0) is 16.9. The Morgan fingerprint density at radius 2 is 2.00 bits per heavy atom. The number of nitrogens with two attached hydrogens (primary N) is 1. The first-order chi connectivity index (χ1) is 11.5. The van der Waals surface area contributed by atoms with Crippen LogP contribution in [0.25, 0.3) is 0 Å². The van der Waals surface area contributed by atoms with Crippen LogP contribution in [0.15, 0.2) is 11.6 Å². The van der Waals surface area contributed by atoms with Crippen LogP contribution in [0.4, 0.5) is 0 Å². The number of hydrogen-bond donors (Lipinski definition) is 1. The largest absolute Gasteiger partial charge is 0.330 e. The number of hydrogen-bond acceptors (Lipinski definition) is 3. The summed E-state index contributed by atoms with van der Waals surface area (Å²) in [7, 11) is 0. The van der Waals surface area contributed by atoms with Crippen LogP contribution in [0.5, 0.6) is 0 Å². The molecular weight excluding hydrogens is 298 g/mol. The third-order valence-corrected chi connectivity index (χ3v) is 8.20. The highest BCUT2D eigenvalue weighted by molar-refractivity contribution is 5.87. The molecule has 4 aliphatic rings. The van der Waals surface area contributed by atoms with Gasteiger partial charge < -0.3 is 5.73 Å². The molecule has 0 bridgehead atoms. The number of ketones is 2. The third kappa shape index (κ3) is 2.20. The first-order valence-electron chi connectivity index (χ1n) is 9.96. The van der Waals surface area contributed by atoms with Crippen molar-refractivity contribution in [2.24, 2.45) is 34.3 Å². The van der Waals surface area contributed by atoms with Crippen molar-refractivity contribution in [3.8, 4) is 0 Å². The lowest BCUT2D eigenvalue weighted by atomic mass is 9.46. The van der Waals surface area contributed by atoms with Gasteiger partial charge in [-0.25, -0.2) is 0 Å². The Hall–Kier alpha value is -0.960.